The number of nitrogens with zero attached hydrogens (tertiary/aromatic N) is 1. The molecular weight excluding hydrogens is 266 g/mol. The van der Waals surface area contributed by atoms with Gasteiger partial charge in [0.1, 0.15) is 11.4 Å². The summed E-state index contributed by atoms with van der Waals surface area (Å²) >= 11 is 0. The van der Waals surface area contributed by atoms with E-state index in [1.54, 1.807) is 20.8 Å². The number of nitrogens with one attached hydrogen (secondary N) is 1. The highest BCUT2D eigenvalue weighted by Crippen LogP contribution is 2.46. The molecule has 20 heavy (non-hydrogen) atoms. The molecule has 0 fully saturated rings. The van der Waals surface area contributed by atoms with E-state index in [1.165, 1.54) is 18.3 Å². The number of pyridine rings is 1. The number of aliphatic imine (C=N–C) groups is 1. The number of alkyl halides is 2. The fraction of sp³-hybridized carbons (Fsp3) is 0.571. The van der Waals surface area contributed by atoms with Gasteiger partial charge in [0.2, 0.25) is 5.56 Å². The molecule has 6 heteroatoms. The van der Waals surface area contributed by atoms with Crippen LogP contribution in [0.5, 0.6) is 5.75 Å². The molecule has 1 aliphatic rings. The monoisotopic (exact) mass is 284 g/mol. The third-order valence-electron chi connectivity index (χ3n) is 3.65. The van der Waals surface area contributed by atoms with E-state index in [-0.39, 0.29) is 17.9 Å². The van der Waals surface area contributed by atoms with Crippen LogP contribution in [0.2, 0.25) is 0 Å². The maximum Gasteiger partial charge on any atom is 0.286 e. The Labute approximate surface area is 115 Å². The molecule has 0 saturated heterocycles. The average Bonchev–Trinajstić information content (AvgIpc) is 2.46. The summed E-state index contributed by atoms with van der Waals surface area (Å²) in [5.74, 6) is -2.89. The molecule has 1 aromatic rings. The Bertz CT molecular complexity index is 580. The van der Waals surface area contributed by atoms with E-state index in [4.69, 9.17) is 4.74 Å². The summed E-state index contributed by atoms with van der Waals surface area (Å²) in [7, 11) is 0. The summed E-state index contributed by atoms with van der Waals surface area (Å²) < 4.78 is 34.2. The van der Waals surface area contributed by atoms with Crippen LogP contribution in [0.3, 0.4) is 0 Å². The summed E-state index contributed by atoms with van der Waals surface area (Å²) in [5.41, 5.74) is -2.64. The van der Waals surface area contributed by atoms with Crippen LogP contribution >= 0.6 is 0 Å². The largest absolute Gasteiger partial charge is 0.476 e. The lowest BCUT2D eigenvalue weighted by Gasteiger charge is -2.46. The van der Waals surface area contributed by atoms with Gasteiger partial charge in [-0.15, -0.1) is 0 Å². The number of hydrogen-bond acceptors (Lipinski definition) is 3. The second-order valence-corrected chi connectivity index (χ2v) is 6.14. The van der Waals surface area contributed by atoms with E-state index in [2.05, 4.69) is 9.98 Å². The van der Waals surface area contributed by atoms with Gasteiger partial charge in [-0.1, -0.05) is 20.8 Å². The van der Waals surface area contributed by atoms with Crippen molar-refractivity contribution in [3.05, 3.63) is 28.2 Å². The van der Waals surface area contributed by atoms with Crippen LogP contribution in [-0.2, 0) is 0 Å². The molecule has 2 heterocycles. The molecule has 0 saturated carbocycles. The molecule has 1 aliphatic heterocycles. The standard InChI is InChI=1S/C14H18F2N2O2/c1-12(2,3)14(13(4,15)16)8-17-7-9-10(20-14)5-6-11(19)18-9/h5-7H,8H2,1-4H3,(H,18,19)/t14-/m1/s1. The number of rotatable bonds is 1. The van der Waals surface area contributed by atoms with Gasteiger partial charge < -0.3 is 9.72 Å². The number of aromatic nitrogens is 1. The second-order valence-electron chi connectivity index (χ2n) is 6.14. The Morgan fingerprint density at radius 1 is 1.30 bits per heavy atom. The first-order chi connectivity index (χ1) is 9.07. The minimum atomic E-state index is -3.10. The molecule has 4 nitrogen and oxygen atoms in total. The fourth-order valence-electron chi connectivity index (χ4n) is 2.42. The topological polar surface area (TPSA) is 54.5 Å². The minimum Gasteiger partial charge on any atom is -0.476 e. The Balaban J connectivity index is 2.61. The predicted octanol–water partition coefficient (Wildman–Crippen LogP) is 2.63. The van der Waals surface area contributed by atoms with Crippen LogP contribution in [-0.4, -0.2) is 29.3 Å². The SMILES string of the molecule is CC(C)(C)[C@@]1(C(C)(F)F)CN=Cc2[nH]c(=O)ccc2O1. The summed E-state index contributed by atoms with van der Waals surface area (Å²) in [6.07, 6.45) is 1.37. The van der Waals surface area contributed by atoms with Crippen LogP contribution in [0.25, 0.3) is 0 Å². The smallest absolute Gasteiger partial charge is 0.286 e. The molecule has 110 valence electrons. The van der Waals surface area contributed by atoms with E-state index in [9.17, 15) is 13.6 Å². The first kappa shape index (κ1) is 14.7. The predicted molar refractivity (Wildman–Crippen MR) is 73.0 cm³/mol. The van der Waals surface area contributed by atoms with E-state index in [0.717, 1.165) is 6.92 Å². The average molecular weight is 284 g/mol. The highest BCUT2D eigenvalue weighted by Gasteiger charge is 2.60. The minimum absolute atomic E-state index is 0.184. The number of aromatic amines is 1. The fourth-order valence-corrected chi connectivity index (χ4v) is 2.42. The zero-order chi connectivity index (χ0) is 15.2. The van der Waals surface area contributed by atoms with Gasteiger partial charge in [-0.2, -0.15) is 0 Å². The summed E-state index contributed by atoms with van der Waals surface area (Å²) in [6, 6.07) is 2.65. The van der Waals surface area contributed by atoms with Crippen LogP contribution < -0.4 is 10.3 Å². The van der Waals surface area contributed by atoms with Gasteiger partial charge >= 0.3 is 0 Å². The number of fused-ring (bicyclic) bond motifs is 1. The molecule has 0 aromatic carbocycles. The molecule has 2 rings (SSSR count). The van der Waals surface area contributed by atoms with Gasteiger partial charge in [0.05, 0.1) is 6.54 Å². The molecule has 0 radical (unpaired) electrons. The first-order valence-corrected chi connectivity index (χ1v) is 6.37. The van der Waals surface area contributed by atoms with E-state index >= 15 is 0 Å². The lowest BCUT2D eigenvalue weighted by Crippen LogP contribution is -2.62. The van der Waals surface area contributed by atoms with Crippen molar-refractivity contribution in [3.63, 3.8) is 0 Å². The second kappa shape index (κ2) is 4.40. The summed E-state index contributed by atoms with van der Waals surface area (Å²) in [5, 5.41) is 0. The van der Waals surface area contributed by atoms with E-state index in [0.29, 0.717) is 5.69 Å². The van der Waals surface area contributed by atoms with Crippen LogP contribution in [0, 0.1) is 5.41 Å². The third-order valence-corrected chi connectivity index (χ3v) is 3.65. The van der Waals surface area contributed by atoms with Crippen molar-refractivity contribution in [2.75, 3.05) is 6.54 Å². The Hall–Kier alpha value is -1.72. The highest BCUT2D eigenvalue weighted by atomic mass is 19.3. The van der Waals surface area contributed by atoms with Crippen molar-refractivity contribution in [1.29, 1.82) is 0 Å². The zero-order valence-electron chi connectivity index (χ0n) is 12.0. The number of halogens is 2. The Morgan fingerprint density at radius 3 is 2.50 bits per heavy atom. The third kappa shape index (κ3) is 2.23. The van der Waals surface area contributed by atoms with E-state index in [1.807, 2.05) is 0 Å². The van der Waals surface area contributed by atoms with Gasteiger partial charge in [-0.05, 0) is 6.07 Å². The van der Waals surface area contributed by atoms with Crippen LogP contribution in [0.1, 0.15) is 33.4 Å². The van der Waals surface area contributed by atoms with Crippen LogP contribution in [0.15, 0.2) is 21.9 Å². The first-order valence-electron chi connectivity index (χ1n) is 6.37. The maximum absolute atomic E-state index is 14.2. The molecule has 1 atom stereocenters. The molecule has 1 N–H and O–H groups in total. The van der Waals surface area contributed by atoms with Crippen molar-refractivity contribution >= 4 is 6.21 Å². The van der Waals surface area contributed by atoms with Crippen molar-refractivity contribution in [2.45, 2.75) is 39.2 Å². The quantitative estimate of drug-likeness (QED) is 0.862. The van der Waals surface area contributed by atoms with Gasteiger partial charge in [0.15, 0.2) is 5.60 Å². The molecular formula is C14H18F2N2O2. The summed E-state index contributed by atoms with van der Waals surface area (Å²) in [6.45, 7) is 5.73. The van der Waals surface area contributed by atoms with Gasteiger partial charge in [0, 0.05) is 24.6 Å². The van der Waals surface area contributed by atoms with Crippen molar-refractivity contribution in [2.24, 2.45) is 10.4 Å². The molecule has 0 bridgehead atoms. The lowest BCUT2D eigenvalue weighted by molar-refractivity contribution is -0.196. The van der Waals surface area contributed by atoms with Crippen molar-refractivity contribution in [1.82, 2.24) is 4.98 Å². The maximum atomic E-state index is 14.2. The summed E-state index contributed by atoms with van der Waals surface area (Å²) in [4.78, 5) is 17.9. The molecule has 0 aliphatic carbocycles. The Morgan fingerprint density at radius 2 is 1.95 bits per heavy atom. The van der Waals surface area contributed by atoms with Crippen molar-refractivity contribution < 1.29 is 13.5 Å². The molecule has 1 aromatic heterocycles. The van der Waals surface area contributed by atoms with E-state index < -0.39 is 16.9 Å². The number of hydrogen-bond donors (Lipinski definition) is 1. The normalized spacial score (nSPS) is 22.9. The molecule has 0 amide bonds. The zero-order valence-corrected chi connectivity index (χ0v) is 12.0. The molecule has 0 spiro atoms. The number of H-pyrrole nitrogens is 1. The highest BCUT2D eigenvalue weighted by molar-refractivity contribution is 5.81. The van der Waals surface area contributed by atoms with Crippen molar-refractivity contribution in [3.8, 4) is 5.75 Å². The molecule has 0 unspecified atom stereocenters. The van der Waals surface area contributed by atoms with Gasteiger partial charge in [-0.25, -0.2) is 8.78 Å². The lowest BCUT2D eigenvalue weighted by atomic mass is 9.72. The number of ether oxygens (including phenoxy) is 1. The van der Waals surface area contributed by atoms with Crippen LogP contribution in [0.4, 0.5) is 8.78 Å². The van der Waals surface area contributed by atoms with Gasteiger partial charge in [-0.3, -0.25) is 9.79 Å². The Kier molecular flexibility index (Phi) is 3.23. The van der Waals surface area contributed by atoms with Gasteiger partial charge in [0.25, 0.3) is 5.92 Å².